The lowest BCUT2D eigenvalue weighted by Gasteiger charge is -2.14. The van der Waals surface area contributed by atoms with Crippen molar-refractivity contribution in [3.63, 3.8) is 0 Å². The van der Waals surface area contributed by atoms with Gasteiger partial charge in [0.15, 0.2) is 0 Å². The summed E-state index contributed by atoms with van der Waals surface area (Å²) in [5, 5.41) is 4.80. The number of para-hydroxylation sites is 2. The molecule has 1 atom stereocenters. The molecule has 2 N–H and O–H groups in total. The van der Waals surface area contributed by atoms with Crippen LogP contribution in [0.3, 0.4) is 0 Å². The molecule has 2 aromatic carbocycles. The molecule has 1 aromatic heterocycles. The van der Waals surface area contributed by atoms with E-state index in [0.717, 1.165) is 5.69 Å². The Morgan fingerprint density at radius 2 is 1.55 bits per heavy atom. The van der Waals surface area contributed by atoms with Crippen LogP contribution in [0.25, 0.3) is 10.9 Å². The predicted octanol–water partition coefficient (Wildman–Crippen LogP) is 5.37. The van der Waals surface area contributed by atoms with Crippen LogP contribution in [0, 0.1) is 0 Å². The van der Waals surface area contributed by atoms with E-state index in [4.69, 9.17) is 0 Å². The third-order valence-electron chi connectivity index (χ3n) is 3.24. The van der Waals surface area contributed by atoms with Gasteiger partial charge in [-0.05, 0) is 30.7 Å². The molecular weight excluding hydrogens is 244 g/mol. The Bertz CT molecular complexity index is 641. The second-order valence-electron chi connectivity index (χ2n) is 4.52. The summed E-state index contributed by atoms with van der Waals surface area (Å²) in [6, 6.07) is 19.0. The van der Waals surface area contributed by atoms with Crippen LogP contribution in [-0.2, 0) is 0 Å². The normalized spacial score (nSPS) is 11.6. The fraction of sp³-hybridized carbons (Fsp3) is 0.222. The van der Waals surface area contributed by atoms with Gasteiger partial charge in [-0.15, -0.1) is 0 Å². The zero-order valence-corrected chi connectivity index (χ0v) is 12.4. The number of hydrogen-bond donors (Lipinski definition) is 2. The summed E-state index contributed by atoms with van der Waals surface area (Å²) in [6.45, 7) is 6.18. The highest BCUT2D eigenvalue weighted by molar-refractivity contribution is 5.83. The summed E-state index contributed by atoms with van der Waals surface area (Å²) in [7, 11) is 0. The molecule has 1 heterocycles. The van der Waals surface area contributed by atoms with Crippen LogP contribution >= 0.6 is 0 Å². The minimum atomic E-state index is 0.281. The minimum absolute atomic E-state index is 0.281. The molecule has 0 saturated carbocycles. The highest BCUT2D eigenvalue weighted by Gasteiger charge is 2.10. The van der Waals surface area contributed by atoms with E-state index in [9.17, 15) is 0 Å². The Morgan fingerprint density at radius 3 is 2.30 bits per heavy atom. The van der Waals surface area contributed by atoms with Crippen molar-refractivity contribution in [3.8, 4) is 0 Å². The lowest BCUT2D eigenvalue weighted by molar-refractivity contribution is 0.894. The summed E-state index contributed by atoms with van der Waals surface area (Å²) in [5.41, 5.74) is 3.64. The Labute approximate surface area is 120 Å². The Balaban J connectivity index is 0.000000704. The van der Waals surface area contributed by atoms with Gasteiger partial charge in [0.25, 0.3) is 0 Å². The molecule has 0 aliphatic rings. The van der Waals surface area contributed by atoms with Gasteiger partial charge in [-0.2, -0.15) is 0 Å². The first kappa shape index (κ1) is 14.2. The van der Waals surface area contributed by atoms with Crippen molar-refractivity contribution in [3.05, 3.63) is 66.4 Å². The maximum Gasteiger partial charge on any atom is 0.0506 e. The Kier molecular flexibility index (Phi) is 4.83. The molecule has 2 nitrogen and oxygen atoms in total. The molecule has 20 heavy (non-hydrogen) atoms. The maximum atomic E-state index is 3.52. The van der Waals surface area contributed by atoms with Crippen LogP contribution in [0.15, 0.2) is 60.8 Å². The van der Waals surface area contributed by atoms with Gasteiger partial charge in [0.1, 0.15) is 0 Å². The van der Waals surface area contributed by atoms with E-state index in [1.165, 1.54) is 16.5 Å². The van der Waals surface area contributed by atoms with Crippen LogP contribution in [0.2, 0.25) is 0 Å². The third kappa shape index (κ3) is 3.02. The van der Waals surface area contributed by atoms with Crippen molar-refractivity contribution in [1.29, 1.82) is 0 Å². The first-order valence-corrected chi connectivity index (χ1v) is 7.22. The molecule has 0 radical (unpaired) electrons. The molecule has 0 aliphatic heterocycles. The first-order valence-electron chi connectivity index (χ1n) is 7.22. The van der Waals surface area contributed by atoms with Crippen molar-refractivity contribution < 1.29 is 0 Å². The Hall–Kier alpha value is -2.22. The van der Waals surface area contributed by atoms with Gasteiger partial charge in [0.05, 0.1) is 6.04 Å². The van der Waals surface area contributed by atoms with E-state index in [-0.39, 0.29) is 6.04 Å². The van der Waals surface area contributed by atoms with E-state index in [2.05, 4.69) is 59.8 Å². The molecule has 0 spiro atoms. The molecular formula is C18H22N2. The monoisotopic (exact) mass is 266 g/mol. The molecule has 0 aliphatic carbocycles. The summed E-state index contributed by atoms with van der Waals surface area (Å²) < 4.78 is 0. The standard InChI is InChI=1S/C16H16N2.C2H6/c1-12(18-13-7-3-2-4-8-13)15-11-17-16-10-6-5-9-14(15)16;1-2/h2-12,17-18H,1H3;1-2H3/t12-;/m0./s1. The van der Waals surface area contributed by atoms with Crippen LogP contribution in [0.5, 0.6) is 0 Å². The van der Waals surface area contributed by atoms with Gasteiger partial charge in [-0.3, -0.25) is 0 Å². The number of aromatic nitrogens is 1. The van der Waals surface area contributed by atoms with E-state index < -0.39 is 0 Å². The van der Waals surface area contributed by atoms with E-state index in [1.807, 2.05) is 32.0 Å². The molecule has 3 aromatic rings. The molecule has 104 valence electrons. The number of anilines is 1. The molecule has 3 rings (SSSR count). The van der Waals surface area contributed by atoms with E-state index >= 15 is 0 Å². The fourth-order valence-electron chi connectivity index (χ4n) is 2.31. The summed E-state index contributed by atoms with van der Waals surface area (Å²) in [4.78, 5) is 3.31. The molecule has 0 fully saturated rings. The molecule has 0 unspecified atom stereocenters. The lowest BCUT2D eigenvalue weighted by Crippen LogP contribution is -2.05. The topological polar surface area (TPSA) is 27.8 Å². The average Bonchev–Trinajstić information content (AvgIpc) is 2.94. The number of nitrogens with one attached hydrogen (secondary N) is 2. The molecule has 0 amide bonds. The minimum Gasteiger partial charge on any atom is -0.378 e. The second-order valence-corrected chi connectivity index (χ2v) is 4.52. The van der Waals surface area contributed by atoms with Gasteiger partial charge < -0.3 is 10.3 Å². The van der Waals surface area contributed by atoms with Gasteiger partial charge in [-0.25, -0.2) is 0 Å². The lowest BCUT2D eigenvalue weighted by atomic mass is 10.1. The largest absolute Gasteiger partial charge is 0.378 e. The van der Waals surface area contributed by atoms with Crippen molar-refractivity contribution in [2.24, 2.45) is 0 Å². The van der Waals surface area contributed by atoms with Crippen LogP contribution in [-0.4, -0.2) is 4.98 Å². The van der Waals surface area contributed by atoms with Gasteiger partial charge in [0.2, 0.25) is 0 Å². The van der Waals surface area contributed by atoms with E-state index in [1.54, 1.807) is 0 Å². The maximum absolute atomic E-state index is 3.52. The van der Waals surface area contributed by atoms with Crippen molar-refractivity contribution in [2.75, 3.05) is 5.32 Å². The number of benzene rings is 2. The number of H-pyrrole nitrogens is 1. The average molecular weight is 266 g/mol. The summed E-state index contributed by atoms with van der Waals surface area (Å²) in [5.74, 6) is 0. The number of rotatable bonds is 3. The van der Waals surface area contributed by atoms with E-state index in [0.29, 0.717) is 0 Å². The molecule has 2 heteroatoms. The quantitative estimate of drug-likeness (QED) is 0.655. The van der Waals surface area contributed by atoms with Gasteiger partial charge in [-0.1, -0.05) is 50.2 Å². The van der Waals surface area contributed by atoms with Crippen LogP contribution in [0.4, 0.5) is 5.69 Å². The highest BCUT2D eigenvalue weighted by atomic mass is 14.9. The van der Waals surface area contributed by atoms with Crippen molar-refractivity contribution in [1.82, 2.24) is 4.98 Å². The first-order chi connectivity index (χ1) is 9.84. The zero-order valence-electron chi connectivity index (χ0n) is 12.4. The molecule has 0 saturated heterocycles. The fourth-order valence-corrected chi connectivity index (χ4v) is 2.31. The third-order valence-corrected chi connectivity index (χ3v) is 3.24. The molecule has 0 bridgehead atoms. The van der Waals surface area contributed by atoms with Crippen molar-refractivity contribution in [2.45, 2.75) is 26.8 Å². The SMILES string of the molecule is CC.C[C@H](Nc1ccccc1)c1c[nH]c2ccccc12. The van der Waals surface area contributed by atoms with Gasteiger partial charge in [0, 0.05) is 22.8 Å². The second kappa shape index (κ2) is 6.80. The van der Waals surface area contributed by atoms with Crippen molar-refractivity contribution >= 4 is 16.6 Å². The summed E-state index contributed by atoms with van der Waals surface area (Å²) in [6.07, 6.45) is 2.09. The Morgan fingerprint density at radius 1 is 0.900 bits per heavy atom. The highest BCUT2D eigenvalue weighted by Crippen LogP contribution is 2.26. The number of fused-ring (bicyclic) bond motifs is 1. The smallest absolute Gasteiger partial charge is 0.0506 e. The summed E-state index contributed by atoms with van der Waals surface area (Å²) >= 11 is 0. The van der Waals surface area contributed by atoms with Gasteiger partial charge >= 0.3 is 0 Å². The zero-order chi connectivity index (χ0) is 14.4. The van der Waals surface area contributed by atoms with Crippen LogP contribution in [0.1, 0.15) is 32.4 Å². The number of aromatic amines is 1. The number of hydrogen-bond acceptors (Lipinski definition) is 1. The predicted molar refractivity (Wildman–Crippen MR) is 88.1 cm³/mol. The van der Waals surface area contributed by atoms with Crippen LogP contribution < -0.4 is 5.32 Å².